The van der Waals surface area contributed by atoms with Gasteiger partial charge in [0.25, 0.3) is 11.8 Å². The summed E-state index contributed by atoms with van der Waals surface area (Å²) in [7, 11) is -1.27. The average molecular weight is 397 g/mol. The fourth-order valence-electron chi connectivity index (χ4n) is 2.32. The Labute approximate surface area is 162 Å². The molecule has 27 heavy (non-hydrogen) atoms. The first-order chi connectivity index (χ1) is 12.7. The number of carbonyl (C=O) groups is 3. The zero-order chi connectivity index (χ0) is 20.6. The van der Waals surface area contributed by atoms with E-state index in [1.165, 1.54) is 0 Å². The number of ether oxygens (including phenoxy) is 1. The molecular weight excluding hydrogens is 368 g/mol. The Kier molecular flexibility index (Phi) is 8.62. The molecule has 1 aliphatic rings. The van der Waals surface area contributed by atoms with E-state index in [0.29, 0.717) is 11.1 Å². The van der Waals surface area contributed by atoms with Crippen molar-refractivity contribution in [3.05, 3.63) is 35.4 Å². The van der Waals surface area contributed by atoms with E-state index in [9.17, 15) is 18.6 Å². The van der Waals surface area contributed by atoms with Crippen LogP contribution in [0.3, 0.4) is 0 Å². The number of nitrogens with one attached hydrogen (secondary N) is 1. The van der Waals surface area contributed by atoms with Crippen molar-refractivity contribution in [2.75, 3.05) is 24.6 Å². The minimum absolute atomic E-state index is 0.0887. The molecule has 0 bridgehead atoms. The molecule has 0 saturated heterocycles. The van der Waals surface area contributed by atoms with Crippen LogP contribution in [0, 0.1) is 0 Å². The van der Waals surface area contributed by atoms with Crippen LogP contribution in [0.25, 0.3) is 0 Å². The molecule has 1 N–H and O–H groups in total. The lowest BCUT2D eigenvalue weighted by molar-refractivity contribution is 0.0530. The quantitative estimate of drug-likeness (QED) is 0.746. The molecule has 0 spiro atoms. The van der Waals surface area contributed by atoms with Gasteiger partial charge in [-0.2, -0.15) is 0 Å². The molecule has 3 amide bonds. The van der Waals surface area contributed by atoms with Gasteiger partial charge in [0.15, 0.2) is 0 Å². The van der Waals surface area contributed by atoms with Gasteiger partial charge in [-0.25, -0.2) is 4.79 Å². The molecule has 0 aromatic heterocycles. The highest BCUT2D eigenvalue weighted by Crippen LogP contribution is 2.21. The van der Waals surface area contributed by atoms with Gasteiger partial charge in [0, 0.05) is 35.4 Å². The second-order valence-corrected chi connectivity index (χ2v) is 8.28. The zero-order valence-corrected chi connectivity index (χ0v) is 17.4. The molecule has 1 aromatic rings. The van der Waals surface area contributed by atoms with Crippen LogP contribution in [0.2, 0.25) is 0 Å². The topological polar surface area (TPSA) is 92.8 Å². The number of benzene rings is 1. The zero-order valence-electron chi connectivity index (χ0n) is 16.5. The summed E-state index contributed by atoms with van der Waals surface area (Å²) in [4.78, 5) is 37.0. The lowest BCUT2D eigenvalue weighted by atomic mass is 10.1. The molecule has 1 unspecified atom stereocenters. The van der Waals surface area contributed by atoms with Gasteiger partial charge in [-0.05, 0) is 32.9 Å². The SMILES string of the molecule is CC.CC(C)(C)OC(=O)NCCS(=O)CCN1C(=O)c2ccccc2C1=O. The molecule has 1 aromatic carbocycles. The maximum absolute atomic E-state index is 12.2. The highest BCUT2D eigenvalue weighted by Gasteiger charge is 2.34. The third-order valence-corrected chi connectivity index (χ3v) is 4.72. The second-order valence-electron chi connectivity index (χ2n) is 6.58. The number of imide groups is 1. The Morgan fingerprint density at radius 2 is 1.59 bits per heavy atom. The summed E-state index contributed by atoms with van der Waals surface area (Å²) in [6, 6.07) is 6.62. The van der Waals surface area contributed by atoms with E-state index >= 15 is 0 Å². The number of nitrogens with zero attached hydrogens (tertiary/aromatic N) is 1. The minimum atomic E-state index is -1.27. The summed E-state index contributed by atoms with van der Waals surface area (Å²) < 4.78 is 17.1. The van der Waals surface area contributed by atoms with Crippen molar-refractivity contribution in [3.8, 4) is 0 Å². The molecule has 7 nitrogen and oxygen atoms in total. The average Bonchev–Trinajstić information content (AvgIpc) is 2.85. The number of carbonyl (C=O) groups excluding carboxylic acids is 3. The standard InChI is InChI=1S/C17H22N2O5S.C2H6/c1-17(2,3)24-16(22)18-8-10-25(23)11-9-19-14(20)12-6-4-5-7-13(12)15(19)21;1-2/h4-7H,8-11H2,1-3H3,(H,18,22);1-2H3. The van der Waals surface area contributed by atoms with Crippen LogP contribution in [0.1, 0.15) is 55.3 Å². The molecular formula is C19H28N2O5S. The highest BCUT2D eigenvalue weighted by molar-refractivity contribution is 7.85. The summed E-state index contributed by atoms with van der Waals surface area (Å²) in [6.45, 7) is 9.56. The van der Waals surface area contributed by atoms with E-state index in [4.69, 9.17) is 4.74 Å². The van der Waals surface area contributed by atoms with Gasteiger partial charge in [0.1, 0.15) is 5.60 Å². The fourth-order valence-corrected chi connectivity index (χ4v) is 3.24. The molecule has 0 aliphatic carbocycles. The Morgan fingerprint density at radius 3 is 2.07 bits per heavy atom. The number of alkyl carbamates (subject to hydrolysis) is 1. The Balaban J connectivity index is 0.00000176. The number of hydrogen-bond donors (Lipinski definition) is 1. The van der Waals surface area contributed by atoms with Crippen LogP contribution in [-0.4, -0.2) is 57.2 Å². The summed E-state index contributed by atoms with van der Waals surface area (Å²) in [5, 5.41) is 2.53. The van der Waals surface area contributed by atoms with Crippen molar-refractivity contribution in [1.82, 2.24) is 10.2 Å². The molecule has 1 heterocycles. The predicted octanol–water partition coefficient (Wildman–Crippen LogP) is 2.58. The van der Waals surface area contributed by atoms with Crippen LogP contribution in [-0.2, 0) is 15.5 Å². The molecule has 150 valence electrons. The van der Waals surface area contributed by atoms with Crippen molar-refractivity contribution in [2.45, 2.75) is 40.2 Å². The Morgan fingerprint density at radius 1 is 1.07 bits per heavy atom. The van der Waals surface area contributed by atoms with Gasteiger partial charge in [-0.1, -0.05) is 26.0 Å². The van der Waals surface area contributed by atoms with E-state index in [-0.39, 0.29) is 36.4 Å². The van der Waals surface area contributed by atoms with E-state index < -0.39 is 22.5 Å². The minimum Gasteiger partial charge on any atom is -0.444 e. The molecule has 0 saturated carbocycles. The second kappa shape index (κ2) is 10.2. The van der Waals surface area contributed by atoms with Crippen LogP contribution in [0.5, 0.6) is 0 Å². The monoisotopic (exact) mass is 396 g/mol. The van der Waals surface area contributed by atoms with Crippen molar-refractivity contribution in [1.29, 1.82) is 0 Å². The Hall–Kier alpha value is -2.22. The molecule has 0 fully saturated rings. The van der Waals surface area contributed by atoms with Gasteiger partial charge < -0.3 is 10.1 Å². The lowest BCUT2D eigenvalue weighted by Gasteiger charge is -2.19. The van der Waals surface area contributed by atoms with Crippen molar-refractivity contribution in [3.63, 3.8) is 0 Å². The molecule has 2 rings (SSSR count). The number of amides is 3. The predicted molar refractivity (Wildman–Crippen MR) is 105 cm³/mol. The first-order valence-corrected chi connectivity index (χ1v) is 10.4. The Bertz CT molecular complexity index is 677. The number of hydrogen-bond acceptors (Lipinski definition) is 5. The van der Waals surface area contributed by atoms with Crippen LogP contribution in [0.4, 0.5) is 4.79 Å². The summed E-state index contributed by atoms with van der Waals surface area (Å²) in [5.74, 6) is -0.321. The largest absolute Gasteiger partial charge is 0.444 e. The van der Waals surface area contributed by atoms with Gasteiger partial charge in [-0.3, -0.25) is 18.7 Å². The molecule has 8 heteroatoms. The maximum atomic E-state index is 12.2. The highest BCUT2D eigenvalue weighted by atomic mass is 32.2. The smallest absolute Gasteiger partial charge is 0.407 e. The molecule has 1 aliphatic heterocycles. The van der Waals surface area contributed by atoms with Gasteiger partial charge >= 0.3 is 6.09 Å². The first-order valence-electron chi connectivity index (χ1n) is 8.96. The van der Waals surface area contributed by atoms with Crippen LogP contribution < -0.4 is 5.32 Å². The normalized spacial score (nSPS) is 14.2. The fraction of sp³-hybridized carbons (Fsp3) is 0.526. The van der Waals surface area contributed by atoms with Crippen molar-refractivity contribution >= 4 is 28.7 Å². The maximum Gasteiger partial charge on any atom is 0.407 e. The van der Waals surface area contributed by atoms with Gasteiger partial charge in [0.05, 0.1) is 11.1 Å². The van der Waals surface area contributed by atoms with E-state index in [1.54, 1.807) is 45.0 Å². The van der Waals surface area contributed by atoms with Gasteiger partial charge in [-0.15, -0.1) is 0 Å². The lowest BCUT2D eigenvalue weighted by Crippen LogP contribution is -2.36. The van der Waals surface area contributed by atoms with E-state index in [0.717, 1.165) is 4.90 Å². The van der Waals surface area contributed by atoms with Crippen LogP contribution >= 0.6 is 0 Å². The number of rotatable bonds is 6. The van der Waals surface area contributed by atoms with E-state index in [2.05, 4.69) is 5.32 Å². The molecule has 1 atom stereocenters. The third-order valence-electron chi connectivity index (χ3n) is 3.42. The third kappa shape index (κ3) is 6.78. The molecule has 0 radical (unpaired) electrons. The van der Waals surface area contributed by atoms with Crippen molar-refractivity contribution in [2.24, 2.45) is 0 Å². The summed E-state index contributed by atoms with van der Waals surface area (Å²) in [5.41, 5.74) is 0.170. The summed E-state index contributed by atoms with van der Waals surface area (Å²) >= 11 is 0. The van der Waals surface area contributed by atoms with Gasteiger partial charge in [0.2, 0.25) is 0 Å². The van der Waals surface area contributed by atoms with E-state index in [1.807, 2.05) is 13.8 Å². The summed E-state index contributed by atoms with van der Waals surface area (Å²) in [6.07, 6.45) is -0.565. The van der Waals surface area contributed by atoms with Crippen LogP contribution in [0.15, 0.2) is 24.3 Å². The van der Waals surface area contributed by atoms with Crippen molar-refractivity contribution < 1.29 is 23.3 Å². The first kappa shape index (κ1) is 22.8. The number of fused-ring (bicyclic) bond motifs is 1.